The topological polar surface area (TPSA) is 121 Å². The summed E-state index contributed by atoms with van der Waals surface area (Å²) in [5.41, 5.74) is 5.62. The maximum Gasteiger partial charge on any atom is 0.0681 e. The molecule has 0 radical (unpaired) electrons. The van der Waals surface area contributed by atoms with Gasteiger partial charge >= 0.3 is 0 Å². The highest BCUT2D eigenvalue weighted by atomic mass is 16.3. The molecule has 2 rings (SSSR count). The van der Waals surface area contributed by atoms with E-state index in [9.17, 15) is 30.6 Å². The van der Waals surface area contributed by atoms with Gasteiger partial charge in [0.15, 0.2) is 0 Å². The Balaban J connectivity index is 2.74. The lowest BCUT2D eigenvalue weighted by Crippen LogP contribution is -2.25. The fourth-order valence-electron chi connectivity index (χ4n) is 5.55. The number of aliphatic hydroxyl groups is 6. The highest BCUT2D eigenvalue weighted by Crippen LogP contribution is 2.40. The molecule has 220 valence electrons. The second-order valence-corrected chi connectivity index (χ2v) is 12.9. The maximum atomic E-state index is 10.9. The van der Waals surface area contributed by atoms with Crippen molar-refractivity contribution < 1.29 is 30.6 Å². The molecule has 0 saturated carbocycles. The van der Waals surface area contributed by atoms with Crippen molar-refractivity contribution in [3.05, 3.63) is 69.8 Å². The van der Waals surface area contributed by atoms with Crippen molar-refractivity contribution in [2.45, 2.75) is 98.6 Å². The minimum absolute atomic E-state index is 0.108. The average Bonchev–Trinajstić information content (AvgIpc) is 2.90. The van der Waals surface area contributed by atoms with Crippen molar-refractivity contribution in [2.24, 2.45) is 23.2 Å². The maximum absolute atomic E-state index is 10.9. The summed E-state index contributed by atoms with van der Waals surface area (Å²) in [5.74, 6) is -0.332. The summed E-state index contributed by atoms with van der Waals surface area (Å²) in [6.07, 6.45) is 1.09. The molecule has 0 bridgehead atoms. The van der Waals surface area contributed by atoms with Crippen LogP contribution in [0.1, 0.15) is 93.7 Å². The normalized spacial score (nSPS) is 16.9. The molecule has 39 heavy (non-hydrogen) atoms. The molecule has 0 fully saturated rings. The fraction of sp³-hybridized carbons (Fsp3) is 0.636. The summed E-state index contributed by atoms with van der Waals surface area (Å²) in [4.78, 5) is 0. The van der Waals surface area contributed by atoms with Crippen molar-refractivity contribution in [3.8, 4) is 0 Å². The summed E-state index contributed by atoms with van der Waals surface area (Å²) in [6, 6.07) is 11.7. The predicted molar refractivity (Wildman–Crippen MR) is 156 cm³/mol. The molecule has 0 aliphatic heterocycles. The number of benzene rings is 2. The average molecular weight is 545 g/mol. The van der Waals surface area contributed by atoms with Crippen LogP contribution in [0.25, 0.3) is 0 Å². The van der Waals surface area contributed by atoms with Crippen LogP contribution in [0.3, 0.4) is 0 Å². The van der Waals surface area contributed by atoms with Crippen molar-refractivity contribution in [1.82, 2.24) is 0 Å². The molecule has 2 aromatic rings. The summed E-state index contributed by atoms with van der Waals surface area (Å²) < 4.78 is 0. The molecule has 0 aliphatic rings. The van der Waals surface area contributed by atoms with Gasteiger partial charge in [-0.1, -0.05) is 77.9 Å². The first-order chi connectivity index (χ1) is 18.3. The van der Waals surface area contributed by atoms with Gasteiger partial charge in [0.1, 0.15) is 0 Å². The van der Waals surface area contributed by atoms with Crippen molar-refractivity contribution in [2.75, 3.05) is 13.2 Å². The Kier molecular flexibility index (Phi) is 13.1. The third-order valence-electron chi connectivity index (χ3n) is 7.88. The van der Waals surface area contributed by atoms with Crippen LogP contribution >= 0.6 is 0 Å². The number of rotatable bonds is 15. The first-order valence-corrected chi connectivity index (χ1v) is 14.4. The molecule has 6 heteroatoms. The Labute approximate surface area is 235 Å². The smallest absolute Gasteiger partial charge is 0.0681 e. The Morgan fingerprint density at radius 1 is 0.667 bits per heavy atom. The summed E-state index contributed by atoms with van der Waals surface area (Å²) in [7, 11) is 0. The Hall–Kier alpha value is -1.80. The summed E-state index contributed by atoms with van der Waals surface area (Å²) in [5, 5.41) is 61.0. The van der Waals surface area contributed by atoms with Gasteiger partial charge in [0.05, 0.1) is 25.4 Å². The van der Waals surface area contributed by atoms with E-state index in [1.54, 1.807) is 0 Å². The van der Waals surface area contributed by atoms with Crippen LogP contribution in [-0.4, -0.2) is 56.1 Å². The van der Waals surface area contributed by atoms with E-state index < -0.39 is 12.2 Å². The standard InChI is InChI=1S/C33H52O6/c1-21(16-33(4,5)6)11-30(28-12-24(19-36)7-9-26(28)14-31(38)22(2)17-34)29-13-25(20-37)8-10-27(29)15-32(39)23(3)18-35/h7-10,12-13,21-23,30-32,34-39H,11,14-20H2,1-6H3. The fourth-order valence-corrected chi connectivity index (χ4v) is 5.55. The molecule has 5 unspecified atom stereocenters. The molecule has 6 nitrogen and oxygen atoms in total. The lowest BCUT2D eigenvalue weighted by molar-refractivity contribution is 0.0771. The third kappa shape index (κ3) is 9.96. The van der Waals surface area contributed by atoms with E-state index >= 15 is 0 Å². The van der Waals surface area contributed by atoms with Crippen molar-refractivity contribution in [1.29, 1.82) is 0 Å². The second kappa shape index (κ2) is 15.3. The van der Waals surface area contributed by atoms with Gasteiger partial charge in [-0.05, 0) is 70.4 Å². The van der Waals surface area contributed by atoms with Crippen LogP contribution in [-0.2, 0) is 26.1 Å². The van der Waals surface area contributed by atoms with Crippen LogP contribution in [0.2, 0.25) is 0 Å². The molecule has 0 spiro atoms. The molecule has 2 aromatic carbocycles. The molecule has 0 amide bonds. The lowest BCUT2D eigenvalue weighted by atomic mass is 9.74. The van der Waals surface area contributed by atoms with Gasteiger partial charge in [-0.25, -0.2) is 0 Å². The van der Waals surface area contributed by atoms with Crippen LogP contribution in [0, 0.1) is 23.2 Å². The van der Waals surface area contributed by atoms with E-state index in [2.05, 4.69) is 27.7 Å². The zero-order valence-electron chi connectivity index (χ0n) is 24.8. The molecule has 0 aromatic heterocycles. The van der Waals surface area contributed by atoms with Crippen LogP contribution < -0.4 is 0 Å². The largest absolute Gasteiger partial charge is 0.396 e. The quantitative estimate of drug-likeness (QED) is 0.199. The van der Waals surface area contributed by atoms with Gasteiger partial charge in [0, 0.05) is 31.0 Å². The van der Waals surface area contributed by atoms with E-state index in [1.165, 1.54) is 0 Å². The lowest BCUT2D eigenvalue weighted by Gasteiger charge is -2.31. The number of hydrogen-bond acceptors (Lipinski definition) is 6. The van der Waals surface area contributed by atoms with E-state index in [-0.39, 0.29) is 49.6 Å². The Morgan fingerprint density at radius 2 is 1.08 bits per heavy atom. The Bertz CT molecular complexity index is 944. The van der Waals surface area contributed by atoms with Gasteiger partial charge < -0.3 is 30.6 Å². The first-order valence-electron chi connectivity index (χ1n) is 14.4. The predicted octanol–water partition coefficient (Wildman–Crippen LogP) is 4.33. The molecule has 5 atom stereocenters. The van der Waals surface area contributed by atoms with E-state index in [1.807, 2.05) is 50.2 Å². The van der Waals surface area contributed by atoms with Gasteiger partial charge in [0.25, 0.3) is 0 Å². The molecular weight excluding hydrogens is 492 g/mol. The third-order valence-corrected chi connectivity index (χ3v) is 7.88. The van der Waals surface area contributed by atoms with Gasteiger partial charge in [0.2, 0.25) is 0 Å². The number of hydrogen-bond donors (Lipinski definition) is 6. The van der Waals surface area contributed by atoms with E-state index in [0.717, 1.165) is 46.2 Å². The van der Waals surface area contributed by atoms with Gasteiger partial charge in [-0.2, -0.15) is 0 Å². The molecule has 0 saturated heterocycles. The molecule has 0 aliphatic carbocycles. The van der Waals surface area contributed by atoms with Crippen LogP contribution in [0.5, 0.6) is 0 Å². The SMILES string of the molecule is CC(CC(c1cc(CO)ccc1CC(O)C(C)CO)c1cc(CO)ccc1CC(O)C(C)CO)CC(C)(C)C. The second-order valence-electron chi connectivity index (χ2n) is 12.9. The minimum Gasteiger partial charge on any atom is -0.396 e. The van der Waals surface area contributed by atoms with Crippen molar-refractivity contribution >= 4 is 0 Å². The molecule has 0 heterocycles. The monoisotopic (exact) mass is 544 g/mol. The summed E-state index contributed by atoms with van der Waals surface area (Å²) in [6.45, 7) is 12.1. The Morgan fingerprint density at radius 3 is 1.41 bits per heavy atom. The zero-order valence-corrected chi connectivity index (χ0v) is 24.8. The molecular formula is C33H52O6. The first kappa shape index (κ1) is 33.4. The number of aliphatic hydroxyl groups excluding tert-OH is 6. The summed E-state index contributed by atoms with van der Waals surface area (Å²) >= 11 is 0. The highest BCUT2D eigenvalue weighted by Gasteiger charge is 2.28. The van der Waals surface area contributed by atoms with Crippen molar-refractivity contribution in [3.63, 3.8) is 0 Å². The highest BCUT2D eigenvalue weighted by molar-refractivity contribution is 5.45. The van der Waals surface area contributed by atoms with E-state index in [0.29, 0.717) is 18.8 Å². The van der Waals surface area contributed by atoms with E-state index in [4.69, 9.17) is 0 Å². The van der Waals surface area contributed by atoms with Crippen LogP contribution in [0.15, 0.2) is 36.4 Å². The van der Waals surface area contributed by atoms with Gasteiger partial charge in [-0.15, -0.1) is 0 Å². The molecule has 6 N–H and O–H groups in total. The van der Waals surface area contributed by atoms with Gasteiger partial charge in [-0.3, -0.25) is 0 Å². The van der Waals surface area contributed by atoms with Crippen LogP contribution in [0.4, 0.5) is 0 Å². The zero-order chi connectivity index (χ0) is 29.3. The minimum atomic E-state index is -0.725.